The molecule has 0 radical (unpaired) electrons. The molecule has 2 N–H and O–H groups in total. The van der Waals surface area contributed by atoms with Crippen LogP contribution in [0.2, 0.25) is 0 Å². The fraction of sp³-hybridized carbons (Fsp3) is 0.308. The first kappa shape index (κ1) is 14.5. The third-order valence-electron chi connectivity index (χ3n) is 3.01. The maximum Gasteiger partial charge on any atom is 0.265 e. The van der Waals surface area contributed by atoms with Crippen LogP contribution in [-0.2, 0) is 16.6 Å². The van der Waals surface area contributed by atoms with E-state index in [1.807, 2.05) is 19.9 Å². The highest BCUT2D eigenvalue weighted by molar-refractivity contribution is 7.92. The van der Waals surface area contributed by atoms with Crippen molar-refractivity contribution in [2.75, 3.05) is 11.3 Å². The van der Waals surface area contributed by atoms with Crippen molar-refractivity contribution in [3.8, 4) is 0 Å². The van der Waals surface area contributed by atoms with Crippen molar-refractivity contribution in [2.45, 2.75) is 25.3 Å². The molecule has 6 nitrogen and oxygen atoms in total. The molecule has 0 bridgehead atoms. The second kappa shape index (κ2) is 5.64. The van der Waals surface area contributed by atoms with Gasteiger partial charge in [-0.2, -0.15) is 5.10 Å². The lowest BCUT2D eigenvalue weighted by molar-refractivity contribution is 0.269. The van der Waals surface area contributed by atoms with Crippen LogP contribution in [0.25, 0.3) is 0 Å². The quantitative estimate of drug-likeness (QED) is 0.870. The largest absolute Gasteiger partial charge is 0.394 e. The Bertz CT molecular complexity index is 707. The Balaban J connectivity index is 2.23. The fourth-order valence-corrected chi connectivity index (χ4v) is 2.73. The van der Waals surface area contributed by atoms with Crippen LogP contribution < -0.4 is 4.72 Å². The van der Waals surface area contributed by atoms with E-state index in [1.54, 1.807) is 12.1 Å². The highest BCUT2D eigenvalue weighted by atomic mass is 32.2. The van der Waals surface area contributed by atoms with E-state index in [4.69, 9.17) is 5.11 Å². The molecule has 2 aromatic rings. The maximum atomic E-state index is 12.2. The number of aliphatic hydroxyl groups excluding tert-OH is 1. The summed E-state index contributed by atoms with van der Waals surface area (Å²) in [5, 5.41) is 12.7. The molecule has 1 aromatic carbocycles. The average molecular weight is 295 g/mol. The third-order valence-corrected chi connectivity index (χ3v) is 4.34. The van der Waals surface area contributed by atoms with Gasteiger partial charge in [0.2, 0.25) is 0 Å². The zero-order valence-corrected chi connectivity index (χ0v) is 12.2. The first-order valence-electron chi connectivity index (χ1n) is 6.16. The number of sulfonamides is 1. The smallest absolute Gasteiger partial charge is 0.265 e. The van der Waals surface area contributed by atoms with Crippen molar-refractivity contribution >= 4 is 15.7 Å². The van der Waals surface area contributed by atoms with Crippen molar-refractivity contribution in [1.29, 1.82) is 0 Å². The Morgan fingerprint density at radius 3 is 2.70 bits per heavy atom. The number of aryl methyl sites for hydroxylation is 2. The average Bonchev–Trinajstić information content (AvgIpc) is 2.83. The summed E-state index contributed by atoms with van der Waals surface area (Å²) in [6.07, 6.45) is 2.65. The molecule has 0 unspecified atom stereocenters. The molecule has 0 saturated carbocycles. The topological polar surface area (TPSA) is 84.2 Å². The van der Waals surface area contributed by atoms with Crippen LogP contribution in [0.5, 0.6) is 0 Å². The van der Waals surface area contributed by atoms with Crippen LogP contribution >= 0.6 is 0 Å². The van der Waals surface area contributed by atoms with E-state index in [0.717, 1.165) is 11.1 Å². The number of nitrogens with one attached hydrogen (secondary N) is 1. The van der Waals surface area contributed by atoms with Crippen LogP contribution in [0, 0.1) is 13.8 Å². The molecule has 0 spiro atoms. The van der Waals surface area contributed by atoms with Crippen LogP contribution in [0.15, 0.2) is 35.5 Å². The Morgan fingerprint density at radius 1 is 1.30 bits per heavy atom. The van der Waals surface area contributed by atoms with Crippen LogP contribution in [-0.4, -0.2) is 29.9 Å². The molecule has 0 amide bonds. The van der Waals surface area contributed by atoms with Crippen molar-refractivity contribution in [3.63, 3.8) is 0 Å². The first-order chi connectivity index (χ1) is 9.42. The molecule has 0 atom stereocenters. The zero-order chi connectivity index (χ0) is 14.8. The second-order valence-corrected chi connectivity index (χ2v) is 6.25. The van der Waals surface area contributed by atoms with E-state index >= 15 is 0 Å². The van der Waals surface area contributed by atoms with E-state index in [0.29, 0.717) is 5.69 Å². The molecule has 0 fully saturated rings. The summed E-state index contributed by atoms with van der Waals surface area (Å²) in [5.41, 5.74) is 2.63. The number of benzene rings is 1. The van der Waals surface area contributed by atoms with Gasteiger partial charge in [-0.05, 0) is 37.1 Å². The summed E-state index contributed by atoms with van der Waals surface area (Å²) in [4.78, 5) is 0.0733. The number of rotatable bonds is 5. The summed E-state index contributed by atoms with van der Waals surface area (Å²) in [5.74, 6) is 0. The zero-order valence-electron chi connectivity index (χ0n) is 11.4. The Morgan fingerprint density at radius 2 is 2.05 bits per heavy atom. The predicted octanol–water partition coefficient (Wildman–Crippen LogP) is 1.29. The van der Waals surface area contributed by atoms with Gasteiger partial charge < -0.3 is 5.11 Å². The lowest BCUT2D eigenvalue weighted by atomic mass is 10.1. The fourth-order valence-electron chi connectivity index (χ4n) is 1.73. The van der Waals surface area contributed by atoms with Gasteiger partial charge in [-0.25, -0.2) is 8.42 Å². The molecule has 108 valence electrons. The van der Waals surface area contributed by atoms with Gasteiger partial charge in [0.1, 0.15) is 4.90 Å². The highest BCUT2D eigenvalue weighted by Crippen LogP contribution is 2.18. The number of hydrogen-bond donors (Lipinski definition) is 2. The van der Waals surface area contributed by atoms with Crippen molar-refractivity contribution in [1.82, 2.24) is 9.78 Å². The number of nitrogens with zero attached hydrogens (tertiary/aromatic N) is 2. The van der Waals surface area contributed by atoms with Gasteiger partial charge in [0.25, 0.3) is 10.0 Å². The second-order valence-electron chi connectivity index (χ2n) is 4.57. The van der Waals surface area contributed by atoms with Crippen molar-refractivity contribution in [3.05, 3.63) is 41.7 Å². The molecule has 7 heteroatoms. The minimum atomic E-state index is -3.66. The molecule has 2 rings (SSSR count). The molecule has 1 aromatic heterocycles. The van der Waals surface area contributed by atoms with Crippen LogP contribution in [0.1, 0.15) is 11.1 Å². The van der Waals surface area contributed by atoms with E-state index < -0.39 is 10.0 Å². The number of aromatic nitrogens is 2. The summed E-state index contributed by atoms with van der Waals surface area (Å²) in [7, 11) is -3.66. The molecule has 0 saturated heterocycles. The third kappa shape index (κ3) is 3.17. The van der Waals surface area contributed by atoms with Crippen molar-refractivity contribution in [2.24, 2.45) is 0 Å². The summed E-state index contributed by atoms with van der Waals surface area (Å²) < 4.78 is 28.3. The summed E-state index contributed by atoms with van der Waals surface area (Å²) >= 11 is 0. The Labute approximate surface area is 118 Å². The van der Waals surface area contributed by atoms with Gasteiger partial charge in [-0.15, -0.1) is 0 Å². The van der Waals surface area contributed by atoms with Gasteiger partial charge >= 0.3 is 0 Å². The van der Waals surface area contributed by atoms with E-state index in [1.165, 1.54) is 17.1 Å². The number of hydrogen-bond acceptors (Lipinski definition) is 4. The Kier molecular flexibility index (Phi) is 4.10. The predicted molar refractivity (Wildman–Crippen MR) is 76.0 cm³/mol. The van der Waals surface area contributed by atoms with Gasteiger partial charge in [-0.1, -0.05) is 6.07 Å². The lowest BCUT2D eigenvalue weighted by Crippen LogP contribution is -2.12. The van der Waals surface area contributed by atoms with Crippen LogP contribution in [0.4, 0.5) is 5.69 Å². The monoisotopic (exact) mass is 295 g/mol. The Hall–Kier alpha value is -1.86. The van der Waals surface area contributed by atoms with E-state index in [2.05, 4.69) is 9.82 Å². The van der Waals surface area contributed by atoms with Crippen LogP contribution in [0.3, 0.4) is 0 Å². The molecular weight excluding hydrogens is 278 g/mol. The van der Waals surface area contributed by atoms with Gasteiger partial charge in [-0.3, -0.25) is 9.40 Å². The molecular formula is C13H17N3O3S. The SMILES string of the molecule is Cc1ccc(NS(=O)(=O)c2cnn(CCO)c2)cc1C. The summed E-state index contributed by atoms with van der Waals surface area (Å²) in [6.45, 7) is 4.06. The molecule has 0 aliphatic heterocycles. The van der Waals surface area contributed by atoms with Crippen molar-refractivity contribution < 1.29 is 13.5 Å². The number of anilines is 1. The minimum Gasteiger partial charge on any atom is -0.394 e. The lowest BCUT2D eigenvalue weighted by Gasteiger charge is -2.08. The standard InChI is InChI=1S/C13H17N3O3S/c1-10-3-4-12(7-11(10)2)15-20(18,19)13-8-14-16(9-13)5-6-17/h3-4,7-9,15,17H,5-6H2,1-2H3. The normalized spacial score (nSPS) is 11.6. The summed E-state index contributed by atoms with van der Waals surface area (Å²) in [6, 6.07) is 5.37. The molecule has 0 aliphatic carbocycles. The van der Waals surface area contributed by atoms with Gasteiger partial charge in [0.05, 0.1) is 19.3 Å². The highest BCUT2D eigenvalue weighted by Gasteiger charge is 2.16. The van der Waals surface area contributed by atoms with E-state index in [-0.39, 0.29) is 18.0 Å². The van der Waals surface area contributed by atoms with E-state index in [9.17, 15) is 8.42 Å². The maximum absolute atomic E-state index is 12.2. The van der Waals surface area contributed by atoms with Gasteiger partial charge in [0.15, 0.2) is 0 Å². The molecule has 0 aliphatic rings. The minimum absolute atomic E-state index is 0.0733. The molecule has 20 heavy (non-hydrogen) atoms. The number of aliphatic hydroxyl groups is 1. The molecule has 1 heterocycles. The first-order valence-corrected chi connectivity index (χ1v) is 7.64. The van der Waals surface area contributed by atoms with Gasteiger partial charge in [0, 0.05) is 11.9 Å².